The van der Waals surface area contributed by atoms with Gasteiger partial charge in [0, 0.05) is 37.8 Å². The van der Waals surface area contributed by atoms with Gasteiger partial charge in [0.05, 0.1) is 19.3 Å². The number of rotatable bonds is 19. The lowest BCUT2D eigenvalue weighted by Gasteiger charge is -2.25. The van der Waals surface area contributed by atoms with Gasteiger partial charge in [-0.05, 0) is 109 Å². The van der Waals surface area contributed by atoms with Gasteiger partial charge in [-0.2, -0.15) is 0 Å². The van der Waals surface area contributed by atoms with Crippen molar-refractivity contribution in [1.82, 2.24) is 15.6 Å². The van der Waals surface area contributed by atoms with Crippen LogP contribution >= 0.6 is 0 Å². The maximum Gasteiger partial charge on any atom is 0.163 e. The molecule has 0 aliphatic rings. The van der Waals surface area contributed by atoms with E-state index in [2.05, 4.69) is 15.6 Å². The lowest BCUT2D eigenvalue weighted by molar-refractivity contribution is -0.123. The molecule has 1 heterocycles. The van der Waals surface area contributed by atoms with Gasteiger partial charge in [-0.15, -0.1) is 0 Å². The Kier molecular flexibility index (Phi) is 13.3. The Balaban J connectivity index is 1.61. The van der Waals surface area contributed by atoms with Gasteiger partial charge >= 0.3 is 0 Å². The summed E-state index contributed by atoms with van der Waals surface area (Å²) in [7, 11) is 3.27. The number of hydrogen-bond donors (Lipinski definition) is 8. The van der Waals surface area contributed by atoms with Crippen LogP contribution in [0.1, 0.15) is 47.1 Å². The quantitative estimate of drug-likeness (QED) is 0.0543. The maximum atomic E-state index is 14.2. The molecule has 0 bridgehead atoms. The summed E-state index contributed by atoms with van der Waals surface area (Å²) in [6.45, 7) is 2.51. The molecule has 0 spiro atoms. The minimum atomic E-state index is -1.01. The summed E-state index contributed by atoms with van der Waals surface area (Å²) in [4.78, 5) is 17.3. The average molecular weight is 662 g/mol. The molecule has 11 nitrogen and oxygen atoms in total. The molecule has 8 N–H and O–H groups in total. The number of carbonyl (C=O) groups is 1. The predicted octanol–water partition coefficient (Wildman–Crippen LogP) is 3.91. The second kappa shape index (κ2) is 17.6. The number of benzene rings is 3. The number of aromatic nitrogens is 1. The van der Waals surface area contributed by atoms with E-state index in [-0.39, 0.29) is 54.3 Å². The van der Waals surface area contributed by atoms with Crippen LogP contribution in [0.15, 0.2) is 73.1 Å². The van der Waals surface area contributed by atoms with E-state index in [1.165, 1.54) is 13.2 Å². The maximum absolute atomic E-state index is 14.2. The van der Waals surface area contributed by atoms with Gasteiger partial charge in [0.2, 0.25) is 0 Å². The van der Waals surface area contributed by atoms with E-state index in [0.29, 0.717) is 42.8 Å². The van der Waals surface area contributed by atoms with E-state index in [4.69, 9.17) is 9.47 Å². The molecule has 4 rings (SSSR count). The third-order valence-electron chi connectivity index (χ3n) is 8.26. The molecule has 0 fully saturated rings. The van der Waals surface area contributed by atoms with Crippen molar-refractivity contribution in [2.45, 2.75) is 57.3 Å². The van der Waals surface area contributed by atoms with E-state index in [9.17, 15) is 30.3 Å². The topological polar surface area (TPSA) is 177 Å². The largest absolute Gasteiger partial charge is 0.508 e. The van der Waals surface area contributed by atoms with E-state index < -0.39 is 18.1 Å². The molecule has 4 atom stereocenters. The number of nitrogens with one attached hydrogen (secondary N) is 3. The number of phenolic OH excluding ortho intramolecular Hbond substituents is 3. The Morgan fingerprint density at radius 3 is 2.21 bits per heavy atom. The summed E-state index contributed by atoms with van der Waals surface area (Å²) < 4.78 is 11.0. The van der Waals surface area contributed by atoms with Gasteiger partial charge < -0.3 is 45.3 Å². The van der Waals surface area contributed by atoms with Crippen LogP contribution in [0, 0.1) is 5.92 Å². The molecule has 4 aromatic rings. The molecule has 0 saturated heterocycles. The van der Waals surface area contributed by atoms with Crippen molar-refractivity contribution in [2.24, 2.45) is 5.92 Å². The molecule has 258 valence electrons. The number of aliphatic hydroxyl groups excluding tert-OH is 2. The minimum absolute atomic E-state index is 0.0181. The fraction of sp³-hybridized carbons (Fsp3) is 0.378. The van der Waals surface area contributed by atoms with Gasteiger partial charge in [-0.3, -0.25) is 10.1 Å². The van der Waals surface area contributed by atoms with Crippen molar-refractivity contribution in [3.05, 3.63) is 101 Å². The Hall–Kier alpha value is -4.55. The number of hydrogen-bond acceptors (Lipinski definition) is 10. The standard InChI is InChI=1S/C37H47N3O8/c1-23(41)19-40-22-48-37-16-25(5-7-33(37)44)14-31(28-12-27(20-38-2)13-30(42)17-28)35(46)18-34(45)29(11-26-8-9-39-21-26)10-24-4-6-32(43)36(15-24)47-3/h4-9,12-13,15-17,21,23,29,31,34,38-45H,10-11,14,18-20,22H2,1-3H3/t23-,29-,31+,34+/m0/s1. The third-order valence-corrected chi connectivity index (χ3v) is 8.26. The molecule has 1 aromatic heterocycles. The third kappa shape index (κ3) is 10.5. The monoisotopic (exact) mass is 661 g/mol. The van der Waals surface area contributed by atoms with E-state index in [1.54, 1.807) is 56.4 Å². The van der Waals surface area contributed by atoms with Crippen molar-refractivity contribution < 1.29 is 39.8 Å². The predicted molar refractivity (Wildman–Crippen MR) is 183 cm³/mol. The molecule has 0 unspecified atom stereocenters. The zero-order valence-corrected chi connectivity index (χ0v) is 27.6. The first-order chi connectivity index (χ1) is 23.1. The highest BCUT2D eigenvalue weighted by atomic mass is 16.5. The molecular formula is C37H47N3O8. The van der Waals surface area contributed by atoms with Crippen LogP contribution in [0.3, 0.4) is 0 Å². The fourth-order valence-electron chi connectivity index (χ4n) is 5.86. The van der Waals surface area contributed by atoms with Crippen LogP contribution in [0.2, 0.25) is 0 Å². The van der Waals surface area contributed by atoms with Crippen LogP contribution in [0.5, 0.6) is 28.7 Å². The first-order valence-corrected chi connectivity index (χ1v) is 16.1. The lowest BCUT2D eigenvalue weighted by atomic mass is 9.81. The van der Waals surface area contributed by atoms with Crippen molar-refractivity contribution >= 4 is 5.78 Å². The van der Waals surface area contributed by atoms with Crippen LogP contribution < -0.4 is 20.1 Å². The molecular weight excluding hydrogens is 614 g/mol. The van der Waals surface area contributed by atoms with Crippen LogP contribution in [0.4, 0.5) is 0 Å². The number of ether oxygens (including phenoxy) is 2. The highest BCUT2D eigenvalue weighted by molar-refractivity contribution is 5.86. The number of aliphatic hydroxyl groups is 2. The molecule has 0 aliphatic carbocycles. The lowest BCUT2D eigenvalue weighted by Crippen LogP contribution is -2.30. The summed E-state index contributed by atoms with van der Waals surface area (Å²) in [6.07, 6.45) is 3.13. The van der Waals surface area contributed by atoms with E-state index in [1.807, 2.05) is 24.5 Å². The van der Waals surface area contributed by atoms with Crippen molar-refractivity contribution in [3.63, 3.8) is 0 Å². The number of methoxy groups -OCH3 is 1. The summed E-state index contributed by atoms with van der Waals surface area (Å²) in [5.41, 5.74) is 3.95. The van der Waals surface area contributed by atoms with Crippen LogP contribution in [-0.4, -0.2) is 75.9 Å². The first-order valence-electron chi connectivity index (χ1n) is 16.1. The average Bonchev–Trinajstić information content (AvgIpc) is 3.56. The molecule has 11 heteroatoms. The van der Waals surface area contributed by atoms with Crippen molar-refractivity contribution in [3.8, 4) is 28.7 Å². The normalized spacial score (nSPS) is 13.9. The van der Waals surface area contributed by atoms with Crippen LogP contribution in [0.25, 0.3) is 0 Å². The molecule has 48 heavy (non-hydrogen) atoms. The number of aromatic hydroxyl groups is 3. The van der Waals surface area contributed by atoms with Crippen LogP contribution in [-0.2, 0) is 30.6 Å². The van der Waals surface area contributed by atoms with Gasteiger partial charge in [0.15, 0.2) is 23.0 Å². The summed E-state index contributed by atoms with van der Waals surface area (Å²) >= 11 is 0. The van der Waals surface area contributed by atoms with Gasteiger partial charge in [0.25, 0.3) is 0 Å². The Labute approximate surface area is 281 Å². The molecule has 0 radical (unpaired) electrons. The smallest absolute Gasteiger partial charge is 0.163 e. The Morgan fingerprint density at radius 1 is 0.854 bits per heavy atom. The highest BCUT2D eigenvalue weighted by Crippen LogP contribution is 2.34. The SMILES string of the molecule is CNCc1cc(O)cc([C@@H](Cc2ccc(O)c(OCNC[C@H](C)O)c2)C(=O)C[C@@H](O)[C@H](Cc2cc[nH]c2)Cc2ccc(O)c(OC)c2)c1. The second-order valence-electron chi connectivity index (χ2n) is 12.2. The second-order valence-corrected chi connectivity index (χ2v) is 12.2. The van der Waals surface area contributed by atoms with Gasteiger partial charge in [0.1, 0.15) is 18.3 Å². The van der Waals surface area contributed by atoms with E-state index in [0.717, 1.165) is 16.7 Å². The summed E-state index contributed by atoms with van der Waals surface area (Å²) in [5.74, 6) is -0.745. The van der Waals surface area contributed by atoms with E-state index >= 15 is 0 Å². The summed E-state index contributed by atoms with van der Waals surface area (Å²) in [5, 5.41) is 58.3. The molecule has 0 amide bonds. The minimum Gasteiger partial charge on any atom is -0.508 e. The number of aromatic amines is 1. The summed E-state index contributed by atoms with van der Waals surface area (Å²) in [6, 6.07) is 17.0. The molecule has 0 aliphatic heterocycles. The zero-order chi connectivity index (χ0) is 34.6. The van der Waals surface area contributed by atoms with Gasteiger partial charge in [-0.1, -0.05) is 18.2 Å². The highest BCUT2D eigenvalue weighted by Gasteiger charge is 2.29. The molecule has 3 aromatic carbocycles. The Morgan fingerprint density at radius 2 is 1.54 bits per heavy atom. The molecule has 0 saturated carbocycles. The number of phenols is 3. The number of ketones is 1. The fourth-order valence-corrected chi connectivity index (χ4v) is 5.86. The van der Waals surface area contributed by atoms with Gasteiger partial charge in [-0.25, -0.2) is 0 Å². The van der Waals surface area contributed by atoms with Crippen molar-refractivity contribution in [2.75, 3.05) is 27.4 Å². The number of Topliss-reactive ketones (excluding diaryl/α,β-unsaturated/α-hetero) is 1. The zero-order valence-electron chi connectivity index (χ0n) is 27.6. The number of carbonyl (C=O) groups excluding carboxylic acids is 1. The Bertz CT molecular complexity index is 1610. The first kappa shape index (κ1) is 36.3. The number of H-pyrrole nitrogens is 1. The van der Waals surface area contributed by atoms with Crippen molar-refractivity contribution in [1.29, 1.82) is 0 Å².